The standard InChI is InChI=1S/C11H9BrFN3O2/c1-2-18-11(17)10-9(14-16-15-10)6-3-4-8(13)7(12)5-6/h3-5H,2H2,1H3,(H,14,15,16). The van der Waals surface area contributed by atoms with Crippen LogP contribution in [0, 0.1) is 5.82 Å². The molecule has 0 aliphatic carbocycles. The van der Waals surface area contributed by atoms with Crippen molar-refractivity contribution in [3.05, 3.63) is 34.2 Å². The molecule has 0 bridgehead atoms. The number of H-pyrrole nitrogens is 1. The molecule has 0 unspecified atom stereocenters. The van der Waals surface area contributed by atoms with Crippen LogP contribution in [0.2, 0.25) is 0 Å². The molecule has 0 amide bonds. The van der Waals surface area contributed by atoms with Crippen molar-refractivity contribution in [2.75, 3.05) is 6.61 Å². The van der Waals surface area contributed by atoms with Gasteiger partial charge in [0.25, 0.3) is 0 Å². The molecule has 1 N–H and O–H groups in total. The summed E-state index contributed by atoms with van der Waals surface area (Å²) in [5.74, 6) is -0.957. The topological polar surface area (TPSA) is 67.9 Å². The summed E-state index contributed by atoms with van der Waals surface area (Å²) in [7, 11) is 0. The number of hydrogen-bond acceptors (Lipinski definition) is 4. The second-order valence-corrected chi connectivity index (χ2v) is 4.22. The number of benzene rings is 1. The molecule has 5 nitrogen and oxygen atoms in total. The molecule has 1 heterocycles. The average Bonchev–Trinajstić information content (AvgIpc) is 2.82. The number of rotatable bonds is 3. The molecule has 2 aromatic rings. The first-order valence-corrected chi connectivity index (χ1v) is 5.96. The van der Waals surface area contributed by atoms with Gasteiger partial charge in [-0.25, -0.2) is 9.18 Å². The van der Waals surface area contributed by atoms with Crippen LogP contribution in [0.3, 0.4) is 0 Å². The molecule has 1 aromatic heterocycles. The third kappa shape index (κ3) is 2.40. The molecule has 18 heavy (non-hydrogen) atoms. The van der Waals surface area contributed by atoms with Crippen molar-refractivity contribution in [3.63, 3.8) is 0 Å². The Kier molecular flexibility index (Phi) is 3.71. The van der Waals surface area contributed by atoms with Crippen LogP contribution in [0.15, 0.2) is 22.7 Å². The summed E-state index contributed by atoms with van der Waals surface area (Å²) in [6, 6.07) is 4.32. The predicted octanol–water partition coefficient (Wildman–Crippen LogP) is 2.55. The Morgan fingerprint density at radius 2 is 2.28 bits per heavy atom. The average molecular weight is 314 g/mol. The van der Waals surface area contributed by atoms with Gasteiger partial charge in [0, 0.05) is 5.56 Å². The molecule has 0 radical (unpaired) electrons. The van der Waals surface area contributed by atoms with E-state index < -0.39 is 5.97 Å². The van der Waals surface area contributed by atoms with E-state index in [1.807, 2.05) is 0 Å². The number of ether oxygens (including phenoxy) is 1. The van der Waals surface area contributed by atoms with Gasteiger partial charge in [0.15, 0.2) is 5.69 Å². The van der Waals surface area contributed by atoms with E-state index in [0.717, 1.165) is 0 Å². The Labute approximate surface area is 110 Å². The molecule has 0 spiro atoms. The zero-order chi connectivity index (χ0) is 13.1. The van der Waals surface area contributed by atoms with Crippen molar-refractivity contribution >= 4 is 21.9 Å². The lowest BCUT2D eigenvalue weighted by atomic mass is 10.1. The predicted molar refractivity (Wildman–Crippen MR) is 65.4 cm³/mol. The Morgan fingerprint density at radius 1 is 1.50 bits per heavy atom. The molecule has 2 rings (SSSR count). The SMILES string of the molecule is CCOC(=O)c1n[nH]nc1-c1ccc(F)c(Br)c1. The highest BCUT2D eigenvalue weighted by Crippen LogP contribution is 2.25. The molecule has 0 saturated heterocycles. The van der Waals surface area contributed by atoms with E-state index in [-0.39, 0.29) is 22.6 Å². The van der Waals surface area contributed by atoms with Gasteiger partial charge in [-0.1, -0.05) is 0 Å². The smallest absolute Gasteiger partial charge is 0.361 e. The van der Waals surface area contributed by atoms with Crippen molar-refractivity contribution in [1.29, 1.82) is 0 Å². The maximum atomic E-state index is 13.1. The summed E-state index contributed by atoms with van der Waals surface area (Å²) in [6.07, 6.45) is 0. The second kappa shape index (κ2) is 5.26. The summed E-state index contributed by atoms with van der Waals surface area (Å²) in [5, 5.41) is 9.98. The minimum absolute atomic E-state index is 0.0790. The Balaban J connectivity index is 2.42. The normalized spacial score (nSPS) is 10.4. The number of hydrogen-bond donors (Lipinski definition) is 1. The first-order valence-electron chi connectivity index (χ1n) is 5.16. The summed E-state index contributed by atoms with van der Waals surface area (Å²) >= 11 is 3.07. The Bertz CT molecular complexity index is 585. The van der Waals surface area contributed by atoms with E-state index in [0.29, 0.717) is 11.3 Å². The lowest BCUT2D eigenvalue weighted by molar-refractivity contribution is 0.0520. The highest BCUT2D eigenvalue weighted by Gasteiger charge is 2.19. The minimum Gasteiger partial charge on any atom is -0.461 e. The number of halogens is 2. The maximum absolute atomic E-state index is 13.1. The number of carbonyl (C=O) groups is 1. The minimum atomic E-state index is -0.568. The number of aromatic nitrogens is 3. The van der Waals surface area contributed by atoms with Gasteiger partial charge in [-0.3, -0.25) is 0 Å². The maximum Gasteiger partial charge on any atom is 0.361 e. The van der Waals surface area contributed by atoms with Crippen LogP contribution in [0.4, 0.5) is 4.39 Å². The molecule has 7 heteroatoms. The largest absolute Gasteiger partial charge is 0.461 e. The second-order valence-electron chi connectivity index (χ2n) is 3.37. The molecular weight excluding hydrogens is 305 g/mol. The zero-order valence-electron chi connectivity index (χ0n) is 9.41. The van der Waals surface area contributed by atoms with Crippen LogP contribution < -0.4 is 0 Å². The molecule has 0 saturated carbocycles. The van der Waals surface area contributed by atoms with E-state index in [4.69, 9.17) is 4.74 Å². The van der Waals surface area contributed by atoms with Crippen LogP contribution >= 0.6 is 15.9 Å². The summed E-state index contributed by atoms with van der Waals surface area (Å²) < 4.78 is 18.3. The van der Waals surface area contributed by atoms with Gasteiger partial charge in [-0.2, -0.15) is 10.3 Å². The summed E-state index contributed by atoms with van der Waals surface area (Å²) in [6.45, 7) is 1.95. The van der Waals surface area contributed by atoms with Crippen molar-refractivity contribution in [2.45, 2.75) is 6.92 Å². The highest BCUT2D eigenvalue weighted by molar-refractivity contribution is 9.10. The van der Waals surface area contributed by atoms with Crippen LogP contribution in [0.25, 0.3) is 11.3 Å². The third-order valence-corrected chi connectivity index (χ3v) is 2.82. The van der Waals surface area contributed by atoms with Crippen LogP contribution in [0.5, 0.6) is 0 Å². The number of nitrogens with one attached hydrogen (secondary N) is 1. The molecule has 94 valence electrons. The van der Waals surface area contributed by atoms with Crippen LogP contribution in [0.1, 0.15) is 17.4 Å². The fourth-order valence-electron chi connectivity index (χ4n) is 1.42. The molecule has 0 aliphatic heterocycles. The van der Waals surface area contributed by atoms with Gasteiger partial charge < -0.3 is 4.74 Å². The number of carbonyl (C=O) groups excluding carboxylic acids is 1. The fourth-order valence-corrected chi connectivity index (χ4v) is 1.80. The highest BCUT2D eigenvalue weighted by atomic mass is 79.9. The van der Waals surface area contributed by atoms with Crippen molar-refractivity contribution in [1.82, 2.24) is 15.4 Å². The Hall–Kier alpha value is -1.76. The lowest BCUT2D eigenvalue weighted by Gasteiger charge is -2.02. The molecular formula is C11H9BrFN3O2. The van der Waals surface area contributed by atoms with Gasteiger partial charge in [0.05, 0.1) is 11.1 Å². The number of nitrogens with zero attached hydrogens (tertiary/aromatic N) is 2. The van der Waals surface area contributed by atoms with Gasteiger partial charge in [-0.15, -0.1) is 5.10 Å². The fraction of sp³-hybridized carbons (Fsp3) is 0.182. The van der Waals surface area contributed by atoms with E-state index in [1.54, 1.807) is 6.92 Å². The molecule has 0 aliphatic rings. The molecule has 0 fully saturated rings. The third-order valence-electron chi connectivity index (χ3n) is 2.21. The van der Waals surface area contributed by atoms with Crippen LogP contribution in [-0.2, 0) is 4.74 Å². The first-order chi connectivity index (χ1) is 8.63. The zero-order valence-corrected chi connectivity index (χ0v) is 11.0. The van der Waals surface area contributed by atoms with Crippen molar-refractivity contribution in [2.24, 2.45) is 0 Å². The van der Waals surface area contributed by atoms with Crippen molar-refractivity contribution in [3.8, 4) is 11.3 Å². The van der Waals surface area contributed by atoms with Gasteiger partial charge >= 0.3 is 5.97 Å². The van der Waals surface area contributed by atoms with E-state index in [2.05, 4.69) is 31.3 Å². The summed E-state index contributed by atoms with van der Waals surface area (Å²) in [5.41, 5.74) is 0.976. The Morgan fingerprint density at radius 3 is 2.94 bits per heavy atom. The number of esters is 1. The van der Waals surface area contributed by atoms with Gasteiger partial charge in [-0.05, 0) is 41.1 Å². The van der Waals surface area contributed by atoms with Crippen molar-refractivity contribution < 1.29 is 13.9 Å². The van der Waals surface area contributed by atoms with E-state index in [9.17, 15) is 9.18 Å². The monoisotopic (exact) mass is 313 g/mol. The van der Waals surface area contributed by atoms with Gasteiger partial charge in [0.1, 0.15) is 11.5 Å². The van der Waals surface area contributed by atoms with E-state index >= 15 is 0 Å². The first kappa shape index (κ1) is 12.7. The summed E-state index contributed by atoms with van der Waals surface area (Å²) in [4.78, 5) is 11.6. The molecule has 0 atom stereocenters. The van der Waals surface area contributed by atoms with E-state index in [1.165, 1.54) is 18.2 Å². The quantitative estimate of drug-likeness (QED) is 0.884. The number of aromatic amines is 1. The van der Waals surface area contributed by atoms with Crippen LogP contribution in [-0.4, -0.2) is 28.0 Å². The molecule has 1 aromatic carbocycles. The lowest BCUT2D eigenvalue weighted by Crippen LogP contribution is -2.06. The van der Waals surface area contributed by atoms with Gasteiger partial charge in [0.2, 0.25) is 0 Å².